The lowest BCUT2D eigenvalue weighted by Gasteiger charge is -2.17. The molecular formula is C24H23N3O3S. The van der Waals surface area contributed by atoms with Gasteiger partial charge in [0.2, 0.25) is 5.91 Å². The third kappa shape index (κ3) is 4.83. The van der Waals surface area contributed by atoms with Gasteiger partial charge < -0.3 is 19.8 Å². The number of imidazole rings is 1. The lowest BCUT2D eigenvalue weighted by Crippen LogP contribution is -2.19. The van der Waals surface area contributed by atoms with E-state index in [0.29, 0.717) is 23.2 Å². The molecule has 158 valence electrons. The molecular weight excluding hydrogens is 410 g/mol. The minimum atomic E-state index is -0.502. The second-order valence-electron chi connectivity index (χ2n) is 6.75. The summed E-state index contributed by atoms with van der Waals surface area (Å²) in [6.07, 6.45) is 0. The second-order valence-corrected chi connectivity index (χ2v) is 7.85. The number of aromatic nitrogens is 2. The Morgan fingerprint density at radius 1 is 1.10 bits per heavy atom. The van der Waals surface area contributed by atoms with E-state index in [9.17, 15) is 4.79 Å². The Morgan fingerprint density at radius 2 is 1.87 bits per heavy atom. The van der Waals surface area contributed by atoms with Crippen LogP contribution in [-0.4, -0.2) is 29.6 Å². The molecule has 4 rings (SSSR count). The number of anilines is 1. The van der Waals surface area contributed by atoms with Crippen molar-refractivity contribution in [3.63, 3.8) is 0 Å². The molecule has 3 aromatic carbocycles. The smallest absolute Gasteiger partial charge is 0.242 e. The molecule has 0 saturated heterocycles. The Labute approximate surface area is 185 Å². The van der Waals surface area contributed by atoms with Crippen molar-refractivity contribution in [2.24, 2.45) is 0 Å². The van der Waals surface area contributed by atoms with Crippen molar-refractivity contribution in [2.75, 3.05) is 19.0 Å². The maximum Gasteiger partial charge on any atom is 0.242 e. The topological polar surface area (TPSA) is 76.2 Å². The number of carbonyl (C=O) groups excluding carboxylic acids is 1. The summed E-state index contributed by atoms with van der Waals surface area (Å²) in [5, 5.41) is 3.18. The number of benzene rings is 3. The third-order valence-electron chi connectivity index (χ3n) is 4.68. The molecule has 4 aromatic rings. The third-order valence-corrected chi connectivity index (χ3v) is 5.82. The van der Waals surface area contributed by atoms with Crippen molar-refractivity contribution in [1.29, 1.82) is 0 Å². The maximum absolute atomic E-state index is 13.3. The summed E-state index contributed by atoms with van der Waals surface area (Å²) in [5.41, 5.74) is 3.20. The molecule has 0 aliphatic rings. The standard InChI is InChI=1S/C24H23N3O3S/c1-3-30-21-12-8-7-11-19(21)25-23(28)22(16-9-5-4-6-10-16)31-24-26-18-14-13-17(29-2)15-20(18)27-24/h4-15,22H,3H2,1-2H3,(H,25,28)(H,26,27)/t22-/m0/s1. The summed E-state index contributed by atoms with van der Waals surface area (Å²) < 4.78 is 10.9. The summed E-state index contributed by atoms with van der Waals surface area (Å²) in [7, 11) is 1.63. The second kappa shape index (κ2) is 9.57. The van der Waals surface area contributed by atoms with Gasteiger partial charge in [-0.05, 0) is 36.8 Å². The number of ether oxygens (including phenoxy) is 2. The molecule has 1 atom stereocenters. The average Bonchev–Trinajstić information content (AvgIpc) is 3.21. The van der Waals surface area contributed by atoms with Crippen LogP contribution in [0.15, 0.2) is 78.0 Å². The number of fused-ring (bicyclic) bond motifs is 1. The summed E-state index contributed by atoms with van der Waals surface area (Å²) in [6, 6.07) is 22.7. The highest BCUT2D eigenvalue weighted by atomic mass is 32.2. The van der Waals surface area contributed by atoms with E-state index in [4.69, 9.17) is 9.47 Å². The Morgan fingerprint density at radius 3 is 2.65 bits per heavy atom. The van der Waals surface area contributed by atoms with Crippen LogP contribution in [-0.2, 0) is 4.79 Å². The van der Waals surface area contributed by atoms with Gasteiger partial charge in [0.05, 0.1) is 30.4 Å². The zero-order valence-electron chi connectivity index (χ0n) is 17.3. The number of para-hydroxylation sites is 2. The molecule has 1 aromatic heterocycles. The van der Waals surface area contributed by atoms with Gasteiger partial charge in [-0.15, -0.1) is 0 Å². The molecule has 7 heteroatoms. The molecule has 2 N–H and O–H groups in total. The fraction of sp³-hybridized carbons (Fsp3) is 0.167. The number of thioether (sulfide) groups is 1. The Kier molecular flexibility index (Phi) is 6.43. The maximum atomic E-state index is 13.3. The van der Waals surface area contributed by atoms with Crippen LogP contribution in [0.25, 0.3) is 11.0 Å². The summed E-state index contributed by atoms with van der Waals surface area (Å²) >= 11 is 1.37. The molecule has 0 spiro atoms. The van der Waals surface area contributed by atoms with Gasteiger partial charge >= 0.3 is 0 Å². The van der Waals surface area contributed by atoms with E-state index < -0.39 is 5.25 Å². The Bertz CT molecular complexity index is 1180. The van der Waals surface area contributed by atoms with E-state index in [-0.39, 0.29) is 5.91 Å². The molecule has 1 heterocycles. The molecule has 0 radical (unpaired) electrons. The lowest BCUT2D eigenvalue weighted by molar-refractivity contribution is -0.115. The Balaban J connectivity index is 1.63. The molecule has 6 nitrogen and oxygen atoms in total. The zero-order valence-corrected chi connectivity index (χ0v) is 18.1. The predicted molar refractivity (Wildman–Crippen MR) is 124 cm³/mol. The number of rotatable bonds is 8. The molecule has 0 saturated carbocycles. The summed E-state index contributed by atoms with van der Waals surface area (Å²) in [5.74, 6) is 1.24. The van der Waals surface area contributed by atoms with E-state index >= 15 is 0 Å². The minimum Gasteiger partial charge on any atom is -0.497 e. The molecule has 0 fully saturated rings. The van der Waals surface area contributed by atoms with Gasteiger partial charge in [0.15, 0.2) is 5.16 Å². The molecule has 0 unspecified atom stereocenters. The van der Waals surface area contributed by atoms with E-state index in [1.165, 1.54) is 11.8 Å². The van der Waals surface area contributed by atoms with Crippen LogP contribution in [0.2, 0.25) is 0 Å². The minimum absolute atomic E-state index is 0.151. The zero-order chi connectivity index (χ0) is 21.6. The van der Waals surface area contributed by atoms with Gasteiger partial charge in [-0.25, -0.2) is 4.98 Å². The number of carbonyl (C=O) groups is 1. The first-order chi connectivity index (χ1) is 15.2. The SMILES string of the molecule is CCOc1ccccc1NC(=O)[C@@H](Sc1nc2ccc(OC)cc2[nH]1)c1ccccc1. The van der Waals surface area contributed by atoms with Crippen LogP contribution in [0.1, 0.15) is 17.7 Å². The fourth-order valence-electron chi connectivity index (χ4n) is 3.21. The normalized spacial score (nSPS) is 11.8. The van der Waals surface area contributed by atoms with Crippen LogP contribution in [0.4, 0.5) is 5.69 Å². The van der Waals surface area contributed by atoms with Gasteiger partial charge in [-0.2, -0.15) is 0 Å². The first-order valence-electron chi connectivity index (χ1n) is 9.96. The quantitative estimate of drug-likeness (QED) is 0.362. The highest BCUT2D eigenvalue weighted by molar-refractivity contribution is 8.00. The van der Waals surface area contributed by atoms with Gasteiger partial charge in [-0.3, -0.25) is 4.79 Å². The van der Waals surface area contributed by atoms with Crippen LogP contribution in [0.5, 0.6) is 11.5 Å². The van der Waals surface area contributed by atoms with Crippen LogP contribution < -0.4 is 14.8 Å². The molecule has 1 amide bonds. The van der Waals surface area contributed by atoms with E-state index in [2.05, 4.69) is 15.3 Å². The highest BCUT2D eigenvalue weighted by Crippen LogP contribution is 2.37. The number of hydrogen-bond acceptors (Lipinski definition) is 5. The molecule has 0 aliphatic heterocycles. The summed E-state index contributed by atoms with van der Waals surface area (Å²) in [6.45, 7) is 2.43. The van der Waals surface area contributed by atoms with Crippen molar-refractivity contribution < 1.29 is 14.3 Å². The van der Waals surface area contributed by atoms with Crippen LogP contribution >= 0.6 is 11.8 Å². The predicted octanol–water partition coefficient (Wildman–Crippen LogP) is 5.44. The molecule has 31 heavy (non-hydrogen) atoms. The van der Waals surface area contributed by atoms with Crippen molar-refractivity contribution in [3.05, 3.63) is 78.4 Å². The number of nitrogens with one attached hydrogen (secondary N) is 2. The average molecular weight is 434 g/mol. The number of aromatic amines is 1. The summed E-state index contributed by atoms with van der Waals surface area (Å²) in [4.78, 5) is 21.3. The number of H-pyrrole nitrogens is 1. The first kappa shape index (κ1) is 20.8. The fourth-order valence-corrected chi connectivity index (χ4v) is 4.21. The molecule has 0 bridgehead atoms. The molecule has 0 aliphatic carbocycles. The number of hydrogen-bond donors (Lipinski definition) is 2. The number of methoxy groups -OCH3 is 1. The number of amides is 1. The first-order valence-corrected chi connectivity index (χ1v) is 10.8. The van der Waals surface area contributed by atoms with Crippen molar-refractivity contribution in [3.8, 4) is 11.5 Å². The van der Waals surface area contributed by atoms with Gasteiger partial charge in [0, 0.05) is 6.07 Å². The van der Waals surface area contributed by atoms with E-state index in [1.54, 1.807) is 7.11 Å². The van der Waals surface area contributed by atoms with E-state index in [0.717, 1.165) is 22.3 Å². The Hall–Kier alpha value is -3.45. The van der Waals surface area contributed by atoms with Gasteiger partial charge in [0.25, 0.3) is 0 Å². The van der Waals surface area contributed by atoms with Gasteiger partial charge in [0.1, 0.15) is 16.7 Å². The van der Waals surface area contributed by atoms with Crippen LogP contribution in [0, 0.1) is 0 Å². The van der Waals surface area contributed by atoms with Crippen molar-refractivity contribution >= 4 is 34.4 Å². The lowest BCUT2D eigenvalue weighted by atomic mass is 10.1. The monoisotopic (exact) mass is 433 g/mol. The van der Waals surface area contributed by atoms with Crippen molar-refractivity contribution in [1.82, 2.24) is 9.97 Å². The van der Waals surface area contributed by atoms with Crippen LogP contribution in [0.3, 0.4) is 0 Å². The largest absolute Gasteiger partial charge is 0.497 e. The van der Waals surface area contributed by atoms with Crippen molar-refractivity contribution in [2.45, 2.75) is 17.3 Å². The van der Waals surface area contributed by atoms with Gasteiger partial charge in [-0.1, -0.05) is 54.2 Å². The number of nitrogens with zero attached hydrogens (tertiary/aromatic N) is 1. The highest BCUT2D eigenvalue weighted by Gasteiger charge is 2.24. The van der Waals surface area contributed by atoms with E-state index in [1.807, 2.05) is 79.7 Å².